The van der Waals surface area contributed by atoms with Gasteiger partial charge in [0, 0.05) is 33.2 Å². The lowest BCUT2D eigenvalue weighted by molar-refractivity contribution is -0.130. The van der Waals surface area contributed by atoms with Gasteiger partial charge in [-0.1, -0.05) is 54.6 Å². The maximum Gasteiger partial charge on any atom is 0.246 e. The molecular weight excluding hydrogens is 436 g/mol. The van der Waals surface area contributed by atoms with E-state index >= 15 is 0 Å². The van der Waals surface area contributed by atoms with Crippen LogP contribution in [-0.2, 0) is 28.3 Å². The van der Waals surface area contributed by atoms with E-state index in [1.807, 2.05) is 42.5 Å². The van der Waals surface area contributed by atoms with Crippen LogP contribution >= 0.6 is 0 Å². The maximum atomic E-state index is 13.3. The third kappa shape index (κ3) is 4.86. The van der Waals surface area contributed by atoms with Gasteiger partial charge in [0.2, 0.25) is 15.9 Å². The monoisotopic (exact) mass is 466 g/mol. The van der Waals surface area contributed by atoms with Gasteiger partial charge in [0.05, 0.1) is 17.8 Å². The third-order valence-corrected chi connectivity index (χ3v) is 8.42. The Morgan fingerprint density at radius 2 is 1.58 bits per heavy atom. The molecule has 1 saturated heterocycles. The van der Waals surface area contributed by atoms with Crippen molar-refractivity contribution in [3.8, 4) is 11.1 Å². The molecule has 0 aliphatic carbocycles. The van der Waals surface area contributed by atoms with Crippen LogP contribution in [0.1, 0.15) is 23.4 Å². The molecule has 2 aromatic carbocycles. The van der Waals surface area contributed by atoms with Crippen molar-refractivity contribution in [3.63, 3.8) is 0 Å². The summed E-state index contributed by atoms with van der Waals surface area (Å²) < 4.78 is 29.6. The number of sulfonamides is 1. The first-order valence-corrected chi connectivity index (χ1v) is 12.6. The van der Waals surface area contributed by atoms with Gasteiger partial charge in [-0.3, -0.25) is 9.48 Å². The molecule has 1 aliphatic heterocycles. The van der Waals surface area contributed by atoms with E-state index in [9.17, 15) is 13.2 Å². The Balaban J connectivity index is 1.41. The molecule has 0 unspecified atom stereocenters. The highest BCUT2D eigenvalue weighted by molar-refractivity contribution is 7.89. The molecule has 33 heavy (non-hydrogen) atoms. The van der Waals surface area contributed by atoms with Gasteiger partial charge in [0.15, 0.2) is 0 Å². The van der Waals surface area contributed by atoms with Gasteiger partial charge in [-0.05, 0) is 37.0 Å². The molecule has 1 fully saturated rings. The van der Waals surface area contributed by atoms with Gasteiger partial charge in [-0.25, -0.2) is 8.42 Å². The molecule has 4 rings (SSSR count). The topological polar surface area (TPSA) is 75.5 Å². The zero-order valence-electron chi connectivity index (χ0n) is 19.4. The third-order valence-electron chi connectivity index (χ3n) is 6.26. The van der Waals surface area contributed by atoms with Gasteiger partial charge in [0.25, 0.3) is 0 Å². The summed E-state index contributed by atoms with van der Waals surface area (Å²) in [4.78, 5) is 15.0. The molecule has 8 heteroatoms. The van der Waals surface area contributed by atoms with Gasteiger partial charge in [-0.2, -0.15) is 9.40 Å². The largest absolute Gasteiger partial charge is 0.341 e. The fraction of sp³-hybridized carbons (Fsp3) is 0.360. The second-order valence-electron chi connectivity index (χ2n) is 8.50. The van der Waals surface area contributed by atoms with Crippen LogP contribution < -0.4 is 0 Å². The number of rotatable bonds is 5. The van der Waals surface area contributed by atoms with Crippen molar-refractivity contribution in [2.45, 2.75) is 31.6 Å². The van der Waals surface area contributed by atoms with E-state index in [1.54, 1.807) is 30.5 Å². The predicted octanol–water partition coefficient (Wildman–Crippen LogP) is 3.17. The van der Waals surface area contributed by atoms with Crippen LogP contribution in [0.15, 0.2) is 59.5 Å². The first-order valence-electron chi connectivity index (χ1n) is 11.2. The SMILES string of the molecule is Cc1nn(C)c(C)c1S(=O)(=O)N1CCCN(C(=O)Cc2ccc(-c3ccccc3)cc2)CC1. The predicted molar refractivity (Wildman–Crippen MR) is 128 cm³/mol. The average molecular weight is 467 g/mol. The van der Waals surface area contributed by atoms with Crippen molar-refractivity contribution in [3.05, 3.63) is 71.5 Å². The van der Waals surface area contributed by atoms with Gasteiger partial charge < -0.3 is 4.90 Å². The highest BCUT2D eigenvalue weighted by atomic mass is 32.2. The molecule has 0 bridgehead atoms. The summed E-state index contributed by atoms with van der Waals surface area (Å²) in [6, 6.07) is 18.2. The number of nitrogens with zero attached hydrogens (tertiary/aromatic N) is 4. The lowest BCUT2D eigenvalue weighted by Crippen LogP contribution is -2.38. The number of hydrogen-bond acceptors (Lipinski definition) is 4. The number of aryl methyl sites for hydroxylation is 2. The molecule has 1 amide bonds. The second-order valence-corrected chi connectivity index (χ2v) is 10.4. The summed E-state index contributed by atoms with van der Waals surface area (Å²) in [5.74, 6) is 0.0236. The highest BCUT2D eigenvalue weighted by Crippen LogP contribution is 2.24. The molecule has 7 nitrogen and oxygen atoms in total. The smallest absolute Gasteiger partial charge is 0.246 e. The summed E-state index contributed by atoms with van der Waals surface area (Å²) in [7, 11) is -1.91. The number of benzene rings is 2. The number of carbonyl (C=O) groups excluding carboxylic acids is 1. The van der Waals surface area contributed by atoms with Crippen molar-refractivity contribution in [1.29, 1.82) is 0 Å². The molecule has 0 atom stereocenters. The maximum absolute atomic E-state index is 13.3. The van der Waals surface area contributed by atoms with Gasteiger partial charge in [-0.15, -0.1) is 0 Å². The number of amides is 1. The van der Waals surface area contributed by atoms with Crippen molar-refractivity contribution < 1.29 is 13.2 Å². The molecule has 0 spiro atoms. The lowest BCUT2D eigenvalue weighted by atomic mass is 10.0. The van der Waals surface area contributed by atoms with Crippen molar-refractivity contribution >= 4 is 15.9 Å². The quantitative estimate of drug-likeness (QED) is 0.579. The Labute approximate surface area is 195 Å². The first kappa shape index (κ1) is 23.2. The minimum absolute atomic E-state index is 0.0236. The van der Waals surface area contributed by atoms with E-state index in [2.05, 4.69) is 17.2 Å². The Kier molecular flexibility index (Phi) is 6.67. The van der Waals surface area contributed by atoms with Gasteiger partial charge in [0.1, 0.15) is 4.90 Å². The van der Waals surface area contributed by atoms with Crippen LogP contribution in [0.4, 0.5) is 0 Å². The molecule has 1 aliphatic rings. The average Bonchev–Trinajstić information content (AvgIpc) is 2.97. The number of hydrogen-bond donors (Lipinski definition) is 0. The summed E-state index contributed by atoms with van der Waals surface area (Å²) in [5, 5.41) is 4.26. The van der Waals surface area contributed by atoms with E-state index in [0.29, 0.717) is 43.9 Å². The molecule has 0 saturated carbocycles. The molecule has 174 valence electrons. The zero-order valence-corrected chi connectivity index (χ0v) is 20.2. The molecule has 1 aromatic heterocycles. The lowest BCUT2D eigenvalue weighted by Gasteiger charge is -2.22. The summed E-state index contributed by atoms with van der Waals surface area (Å²) >= 11 is 0. The minimum Gasteiger partial charge on any atom is -0.341 e. The Hall–Kier alpha value is -2.97. The van der Waals surface area contributed by atoms with E-state index in [1.165, 1.54) is 4.31 Å². The summed E-state index contributed by atoms with van der Waals surface area (Å²) in [5.41, 5.74) is 4.34. The van der Waals surface area contributed by atoms with E-state index in [-0.39, 0.29) is 17.3 Å². The van der Waals surface area contributed by atoms with E-state index < -0.39 is 10.0 Å². The fourth-order valence-corrected chi connectivity index (χ4v) is 6.24. The Bertz CT molecular complexity index is 1230. The molecular formula is C25H30N4O3S. The van der Waals surface area contributed by atoms with Crippen LogP contribution in [0.25, 0.3) is 11.1 Å². The highest BCUT2D eigenvalue weighted by Gasteiger charge is 2.32. The first-order chi connectivity index (χ1) is 15.8. The normalized spacial score (nSPS) is 15.4. The van der Waals surface area contributed by atoms with Crippen LogP contribution in [0.2, 0.25) is 0 Å². The minimum atomic E-state index is -3.65. The molecule has 0 N–H and O–H groups in total. The van der Waals surface area contributed by atoms with Gasteiger partial charge >= 0.3 is 0 Å². The fourth-order valence-electron chi connectivity index (χ4n) is 4.37. The van der Waals surface area contributed by atoms with Crippen LogP contribution in [-0.4, -0.2) is 59.5 Å². The summed E-state index contributed by atoms with van der Waals surface area (Å²) in [6.45, 7) is 5.11. The van der Waals surface area contributed by atoms with Crippen LogP contribution in [0.5, 0.6) is 0 Å². The molecule has 0 radical (unpaired) electrons. The molecule has 2 heterocycles. The van der Waals surface area contributed by atoms with Crippen molar-refractivity contribution in [1.82, 2.24) is 19.0 Å². The molecule has 3 aromatic rings. The Morgan fingerprint density at radius 3 is 2.21 bits per heavy atom. The zero-order chi connectivity index (χ0) is 23.6. The van der Waals surface area contributed by atoms with E-state index in [0.717, 1.165) is 16.7 Å². The second kappa shape index (κ2) is 9.49. The van der Waals surface area contributed by atoms with Crippen molar-refractivity contribution in [2.24, 2.45) is 7.05 Å². The summed E-state index contributed by atoms with van der Waals surface area (Å²) in [6.07, 6.45) is 0.916. The Morgan fingerprint density at radius 1 is 0.909 bits per heavy atom. The number of carbonyl (C=O) groups is 1. The van der Waals surface area contributed by atoms with Crippen LogP contribution in [0, 0.1) is 13.8 Å². The van der Waals surface area contributed by atoms with E-state index in [4.69, 9.17) is 0 Å². The number of aromatic nitrogens is 2. The van der Waals surface area contributed by atoms with Crippen LogP contribution in [0.3, 0.4) is 0 Å². The van der Waals surface area contributed by atoms with Crippen molar-refractivity contribution in [2.75, 3.05) is 26.2 Å². The standard InChI is InChI=1S/C25H30N4O3S/c1-19-25(20(2)27(3)26-19)33(31,32)29-15-7-14-28(16-17-29)24(30)18-21-10-12-23(13-11-21)22-8-5-4-6-9-22/h4-6,8-13H,7,14-18H2,1-3H3.